The third-order valence-electron chi connectivity index (χ3n) is 2.87. The molecule has 0 spiro atoms. The summed E-state index contributed by atoms with van der Waals surface area (Å²) in [5.74, 6) is 0. The molecule has 0 bridgehead atoms. The smallest absolute Gasteiger partial charge is 0.136 e. The Morgan fingerprint density at radius 1 is 1.00 bits per heavy atom. The van der Waals surface area contributed by atoms with Gasteiger partial charge in [-0.25, -0.2) is 4.98 Å². The van der Waals surface area contributed by atoms with Crippen LogP contribution in [0, 0.1) is 0 Å². The molecule has 0 fully saturated rings. The maximum atomic E-state index is 6.12. The second-order valence-electron chi connectivity index (χ2n) is 3.97. The minimum Gasteiger partial charge on any atom is -0.361 e. The van der Waals surface area contributed by atoms with Crippen molar-refractivity contribution in [3.63, 3.8) is 0 Å². The summed E-state index contributed by atoms with van der Waals surface area (Å²) in [6, 6.07) is 8.03. The molecule has 1 aromatic carbocycles. The van der Waals surface area contributed by atoms with Crippen molar-refractivity contribution in [3.05, 3.63) is 71.7 Å². The van der Waals surface area contributed by atoms with Gasteiger partial charge in [-0.15, -0.1) is 0 Å². The van der Waals surface area contributed by atoms with E-state index >= 15 is 0 Å². The van der Waals surface area contributed by atoms with Crippen LogP contribution in [-0.4, -0.2) is 4.98 Å². The summed E-state index contributed by atoms with van der Waals surface area (Å²) >= 11 is 6.12. The Balaban J connectivity index is 2.24. The summed E-state index contributed by atoms with van der Waals surface area (Å²) in [6.45, 7) is 0. The molecule has 0 aliphatic carbocycles. The third kappa shape index (κ3) is 1.91. The van der Waals surface area contributed by atoms with E-state index in [2.05, 4.69) is 16.4 Å². The van der Waals surface area contributed by atoms with Crippen LogP contribution in [0.2, 0.25) is 5.15 Å². The lowest BCUT2D eigenvalue weighted by Crippen LogP contribution is -2.03. The van der Waals surface area contributed by atoms with Gasteiger partial charge in [0.1, 0.15) is 5.15 Å². The molecule has 0 radical (unpaired) electrons. The van der Waals surface area contributed by atoms with Gasteiger partial charge in [-0.3, -0.25) is 0 Å². The van der Waals surface area contributed by atoms with Gasteiger partial charge in [0.05, 0.1) is 0 Å². The molecule has 3 rings (SSSR count). The molecule has 2 nitrogen and oxygen atoms in total. The number of hydrogen-bond acceptors (Lipinski definition) is 2. The fourth-order valence-corrected chi connectivity index (χ4v) is 2.25. The number of fused-ring (bicyclic) bond motifs is 1. The first kappa shape index (κ1) is 11.1. The minimum atomic E-state index is 0.537. The van der Waals surface area contributed by atoms with Crippen LogP contribution >= 0.6 is 11.6 Å². The highest BCUT2D eigenvalue weighted by molar-refractivity contribution is 6.34. The van der Waals surface area contributed by atoms with Crippen LogP contribution < -0.4 is 5.32 Å². The highest BCUT2D eigenvalue weighted by Gasteiger charge is 2.07. The summed E-state index contributed by atoms with van der Waals surface area (Å²) < 4.78 is 0. The van der Waals surface area contributed by atoms with Gasteiger partial charge in [-0.1, -0.05) is 42.0 Å². The Kier molecular flexibility index (Phi) is 2.87. The van der Waals surface area contributed by atoms with Crippen LogP contribution in [-0.2, 0) is 0 Å². The average molecular weight is 255 g/mol. The molecule has 2 aromatic rings. The van der Waals surface area contributed by atoms with Gasteiger partial charge in [-0.2, -0.15) is 0 Å². The van der Waals surface area contributed by atoms with Gasteiger partial charge >= 0.3 is 0 Å². The maximum Gasteiger partial charge on any atom is 0.136 e. The van der Waals surface area contributed by atoms with Gasteiger partial charge in [0, 0.05) is 29.0 Å². The number of hydrogen-bond donors (Lipinski definition) is 1. The zero-order valence-corrected chi connectivity index (χ0v) is 10.4. The van der Waals surface area contributed by atoms with E-state index in [1.807, 2.05) is 48.7 Å². The fraction of sp³-hybridized carbons (Fsp3) is 0. The van der Waals surface area contributed by atoms with Gasteiger partial charge in [0.15, 0.2) is 0 Å². The average Bonchev–Trinajstić information content (AvgIpc) is 2.67. The molecule has 0 amide bonds. The SMILES string of the molecule is Clc1nccc2c(C3=CC=CC=CN3)cccc12. The van der Waals surface area contributed by atoms with Gasteiger partial charge in [0.2, 0.25) is 0 Å². The second-order valence-corrected chi connectivity index (χ2v) is 4.33. The summed E-state index contributed by atoms with van der Waals surface area (Å²) in [6.07, 6.45) is 11.6. The molecule has 18 heavy (non-hydrogen) atoms. The minimum absolute atomic E-state index is 0.537. The van der Waals surface area contributed by atoms with E-state index in [1.54, 1.807) is 6.20 Å². The van der Waals surface area contributed by atoms with E-state index in [0.717, 1.165) is 22.0 Å². The van der Waals surface area contributed by atoms with E-state index in [4.69, 9.17) is 11.6 Å². The lowest BCUT2D eigenvalue weighted by Gasteiger charge is -2.10. The largest absolute Gasteiger partial charge is 0.361 e. The van der Waals surface area contributed by atoms with E-state index in [9.17, 15) is 0 Å². The fourth-order valence-electron chi connectivity index (χ4n) is 2.03. The molecule has 1 aliphatic rings. The van der Waals surface area contributed by atoms with Crippen LogP contribution in [0.5, 0.6) is 0 Å². The van der Waals surface area contributed by atoms with Gasteiger partial charge in [-0.05, 0) is 23.6 Å². The lowest BCUT2D eigenvalue weighted by atomic mass is 10.0. The monoisotopic (exact) mass is 254 g/mol. The van der Waals surface area contributed by atoms with Gasteiger partial charge < -0.3 is 5.32 Å². The van der Waals surface area contributed by atoms with E-state index < -0.39 is 0 Å². The molecule has 1 N–H and O–H groups in total. The zero-order valence-electron chi connectivity index (χ0n) is 9.60. The maximum absolute atomic E-state index is 6.12. The number of nitrogens with one attached hydrogen (secondary N) is 1. The number of nitrogens with zero attached hydrogens (tertiary/aromatic N) is 1. The Morgan fingerprint density at radius 2 is 1.94 bits per heavy atom. The molecule has 0 unspecified atom stereocenters. The highest BCUT2D eigenvalue weighted by atomic mass is 35.5. The van der Waals surface area contributed by atoms with Crippen LogP contribution in [0.4, 0.5) is 0 Å². The van der Waals surface area contributed by atoms with Crippen molar-refractivity contribution < 1.29 is 0 Å². The molecule has 0 atom stereocenters. The Hall–Kier alpha value is -2.06. The Morgan fingerprint density at radius 3 is 2.89 bits per heavy atom. The highest BCUT2D eigenvalue weighted by Crippen LogP contribution is 2.27. The number of aromatic nitrogens is 1. The number of benzene rings is 1. The summed E-state index contributed by atoms with van der Waals surface area (Å²) in [7, 11) is 0. The number of rotatable bonds is 1. The molecule has 1 aliphatic heterocycles. The zero-order chi connectivity index (χ0) is 12.4. The van der Waals surface area contributed by atoms with E-state index in [1.165, 1.54) is 0 Å². The third-order valence-corrected chi connectivity index (χ3v) is 3.17. The predicted octanol–water partition coefficient (Wildman–Crippen LogP) is 3.90. The second kappa shape index (κ2) is 4.67. The summed E-state index contributed by atoms with van der Waals surface area (Å²) in [4.78, 5) is 4.11. The van der Waals surface area contributed by atoms with Crippen molar-refractivity contribution >= 4 is 28.1 Å². The quantitative estimate of drug-likeness (QED) is 0.781. The van der Waals surface area contributed by atoms with Crippen molar-refractivity contribution in [2.24, 2.45) is 0 Å². The topological polar surface area (TPSA) is 24.9 Å². The molecule has 0 saturated heterocycles. The van der Waals surface area contributed by atoms with E-state index in [0.29, 0.717) is 5.15 Å². The molecule has 1 aromatic heterocycles. The van der Waals surface area contributed by atoms with Gasteiger partial charge in [0.25, 0.3) is 0 Å². The molecule has 0 saturated carbocycles. The lowest BCUT2D eigenvalue weighted by molar-refractivity contribution is 1.23. The van der Waals surface area contributed by atoms with Crippen molar-refractivity contribution in [3.8, 4) is 0 Å². The Bertz CT molecular complexity index is 684. The predicted molar refractivity (Wildman–Crippen MR) is 76.1 cm³/mol. The molecular formula is C15H11ClN2. The number of allylic oxidation sites excluding steroid dienone is 4. The summed E-state index contributed by atoms with van der Waals surface area (Å²) in [5.41, 5.74) is 2.17. The molecule has 88 valence electrons. The Labute approximate surface area is 110 Å². The van der Waals surface area contributed by atoms with Crippen LogP contribution in [0.15, 0.2) is 61.0 Å². The molecule has 3 heteroatoms. The first-order chi connectivity index (χ1) is 8.86. The van der Waals surface area contributed by atoms with Crippen molar-refractivity contribution in [2.45, 2.75) is 0 Å². The summed E-state index contributed by atoms with van der Waals surface area (Å²) in [5, 5.41) is 5.87. The van der Waals surface area contributed by atoms with E-state index in [-0.39, 0.29) is 0 Å². The molecule has 2 heterocycles. The van der Waals surface area contributed by atoms with Crippen molar-refractivity contribution in [2.75, 3.05) is 0 Å². The number of halogens is 1. The van der Waals surface area contributed by atoms with Crippen LogP contribution in [0.1, 0.15) is 5.56 Å². The standard InChI is InChI=1S/C15H11ClN2/c16-15-13-6-4-5-12(11(13)8-10-18-15)14-7-2-1-3-9-17-14/h1-10,17H. The molecular weight excluding hydrogens is 244 g/mol. The normalized spacial score (nSPS) is 14.2. The van der Waals surface area contributed by atoms with Crippen molar-refractivity contribution in [1.82, 2.24) is 10.3 Å². The number of pyridine rings is 1. The van der Waals surface area contributed by atoms with Crippen molar-refractivity contribution in [1.29, 1.82) is 0 Å². The van der Waals surface area contributed by atoms with Crippen LogP contribution in [0.25, 0.3) is 16.5 Å². The first-order valence-corrected chi connectivity index (χ1v) is 6.08. The van der Waals surface area contributed by atoms with Crippen LogP contribution in [0.3, 0.4) is 0 Å². The first-order valence-electron chi connectivity index (χ1n) is 5.70.